The van der Waals surface area contributed by atoms with Crippen LogP contribution in [0.3, 0.4) is 0 Å². The fourth-order valence-electron chi connectivity index (χ4n) is 3.73. The fraction of sp³-hybridized carbons (Fsp3) is 0.350. The molecule has 1 aromatic carbocycles. The molecule has 2 heterocycles. The van der Waals surface area contributed by atoms with E-state index in [0.29, 0.717) is 10.7 Å². The Bertz CT molecular complexity index is 862. The molecule has 1 aromatic heterocycles. The van der Waals surface area contributed by atoms with Crippen molar-refractivity contribution in [3.05, 3.63) is 63.9 Å². The van der Waals surface area contributed by atoms with Crippen LogP contribution in [0, 0.1) is 0 Å². The molecule has 0 saturated carbocycles. The molecular formula is C20H20ClN3O2. The number of nitrogens with zero attached hydrogens (tertiary/aromatic N) is 2. The average molecular weight is 370 g/mol. The zero-order chi connectivity index (χ0) is 18.1. The molecule has 6 heteroatoms. The third kappa shape index (κ3) is 3.31. The Morgan fingerprint density at radius 3 is 2.69 bits per heavy atom. The van der Waals surface area contributed by atoms with Crippen molar-refractivity contribution in [2.75, 3.05) is 13.1 Å². The maximum Gasteiger partial charge on any atom is 0.272 e. The molecule has 0 bridgehead atoms. The smallest absolute Gasteiger partial charge is 0.272 e. The molecule has 5 nitrogen and oxygen atoms in total. The van der Waals surface area contributed by atoms with Gasteiger partial charge in [0.2, 0.25) is 0 Å². The van der Waals surface area contributed by atoms with E-state index in [1.807, 2.05) is 18.2 Å². The van der Waals surface area contributed by atoms with E-state index in [1.54, 1.807) is 23.1 Å². The van der Waals surface area contributed by atoms with Crippen molar-refractivity contribution < 1.29 is 9.59 Å². The Morgan fingerprint density at radius 2 is 1.88 bits per heavy atom. The minimum atomic E-state index is -0.256. The Kier molecular flexibility index (Phi) is 4.64. The molecule has 1 aliphatic heterocycles. The molecule has 1 atom stereocenters. The number of pyridine rings is 1. The van der Waals surface area contributed by atoms with E-state index < -0.39 is 0 Å². The summed E-state index contributed by atoms with van der Waals surface area (Å²) in [5.41, 5.74) is 2.89. The molecule has 2 aromatic rings. The van der Waals surface area contributed by atoms with Gasteiger partial charge < -0.3 is 10.2 Å². The summed E-state index contributed by atoms with van der Waals surface area (Å²) in [4.78, 5) is 31.2. The fourth-order valence-corrected chi connectivity index (χ4v) is 3.93. The highest BCUT2D eigenvalue weighted by atomic mass is 35.5. The third-order valence-electron chi connectivity index (χ3n) is 5.08. The van der Waals surface area contributed by atoms with E-state index in [9.17, 15) is 9.59 Å². The highest BCUT2D eigenvalue weighted by Crippen LogP contribution is 2.33. The predicted octanol–water partition coefficient (Wildman–Crippen LogP) is 3.39. The van der Waals surface area contributed by atoms with Crippen molar-refractivity contribution in [1.82, 2.24) is 15.2 Å². The Hall–Kier alpha value is -2.40. The molecule has 0 radical (unpaired) electrons. The van der Waals surface area contributed by atoms with Gasteiger partial charge in [-0.05, 0) is 61.1 Å². The zero-order valence-electron chi connectivity index (χ0n) is 14.4. The van der Waals surface area contributed by atoms with Crippen molar-refractivity contribution in [2.24, 2.45) is 0 Å². The van der Waals surface area contributed by atoms with Crippen molar-refractivity contribution in [3.8, 4) is 0 Å². The summed E-state index contributed by atoms with van der Waals surface area (Å²) in [5, 5.41) is 3.75. The van der Waals surface area contributed by atoms with Crippen molar-refractivity contribution in [3.63, 3.8) is 0 Å². The van der Waals surface area contributed by atoms with Gasteiger partial charge in [-0.2, -0.15) is 0 Å². The molecule has 1 saturated heterocycles. The monoisotopic (exact) mass is 369 g/mol. The second-order valence-electron chi connectivity index (χ2n) is 6.82. The van der Waals surface area contributed by atoms with Crippen LogP contribution in [-0.2, 0) is 6.42 Å². The van der Waals surface area contributed by atoms with Gasteiger partial charge in [-0.15, -0.1) is 0 Å². The Balaban J connectivity index is 1.49. The SMILES string of the molecule is O=C(NC1CCc2cc(Cl)ccc21)c1cccc(C(=O)N2CCCC2)n1. The van der Waals surface area contributed by atoms with Gasteiger partial charge in [-0.3, -0.25) is 9.59 Å². The van der Waals surface area contributed by atoms with Crippen LogP contribution < -0.4 is 5.32 Å². The van der Waals surface area contributed by atoms with Crippen LogP contribution >= 0.6 is 11.6 Å². The van der Waals surface area contributed by atoms with Gasteiger partial charge in [0.25, 0.3) is 11.8 Å². The minimum absolute atomic E-state index is 0.0468. The number of benzene rings is 1. The summed E-state index contributed by atoms with van der Waals surface area (Å²) in [7, 11) is 0. The van der Waals surface area contributed by atoms with E-state index in [2.05, 4.69) is 10.3 Å². The van der Waals surface area contributed by atoms with Gasteiger partial charge in [0.1, 0.15) is 11.4 Å². The first kappa shape index (κ1) is 17.0. The number of carbonyl (C=O) groups is 2. The van der Waals surface area contributed by atoms with Crippen LogP contribution in [0.25, 0.3) is 0 Å². The summed E-state index contributed by atoms with van der Waals surface area (Å²) in [5.74, 6) is -0.355. The number of aromatic nitrogens is 1. The van der Waals surface area contributed by atoms with Crippen LogP contribution in [0.5, 0.6) is 0 Å². The van der Waals surface area contributed by atoms with Crippen molar-refractivity contribution >= 4 is 23.4 Å². The molecule has 26 heavy (non-hydrogen) atoms. The van der Waals surface area contributed by atoms with E-state index in [1.165, 1.54) is 5.56 Å². The standard InChI is InChI=1S/C20H20ClN3O2/c21-14-7-8-15-13(12-14)6-9-16(15)23-19(25)17-4-3-5-18(22-17)20(26)24-10-1-2-11-24/h3-5,7-8,12,16H,1-2,6,9-11H2,(H,23,25). The number of hydrogen-bond acceptors (Lipinski definition) is 3. The largest absolute Gasteiger partial charge is 0.344 e. The first-order valence-electron chi connectivity index (χ1n) is 8.97. The number of aryl methyl sites for hydroxylation is 1. The number of hydrogen-bond donors (Lipinski definition) is 1. The minimum Gasteiger partial charge on any atom is -0.344 e. The molecule has 4 rings (SSSR count). The van der Waals surface area contributed by atoms with Crippen LogP contribution in [0.2, 0.25) is 5.02 Å². The lowest BCUT2D eigenvalue weighted by molar-refractivity contribution is 0.0787. The molecule has 0 spiro atoms. The molecule has 1 aliphatic carbocycles. The molecule has 2 aliphatic rings. The van der Waals surface area contributed by atoms with Gasteiger partial charge in [0.15, 0.2) is 0 Å². The maximum atomic E-state index is 12.6. The van der Waals surface area contributed by atoms with Crippen LogP contribution in [0.4, 0.5) is 0 Å². The van der Waals surface area contributed by atoms with Gasteiger partial charge >= 0.3 is 0 Å². The van der Waals surface area contributed by atoms with Crippen LogP contribution in [-0.4, -0.2) is 34.8 Å². The molecule has 2 amide bonds. The Morgan fingerprint density at radius 1 is 1.12 bits per heavy atom. The molecular weight excluding hydrogens is 350 g/mol. The second kappa shape index (κ2) is 7.08. The first-order chi connectivity index (χ1) is 12.6. The van der Waals surface area contributed by atoms with E-state index in [4.69, 9.17) is 11.6 Å². The molecule has 1 fully saturated rings. The summed E-state index contributed by atoms with van der Waals surface area (Å²) in [6.45, 7) is 1.52. The van der Waals surface area contributed by atoms with Crippen LogP contribution in [0.15, 0.2) is 36.4 Å². The van der Waals surface area contributed by atoms with Gasteiger partial charge in [0, 0.05) is 18.1 Å². The van der Waals surface area contributed by atoms with E-state index >= 15 is 0 Å². The van der Waals surface area contributed by atoms with Gasteiger partial charge in [-0.25, -0.2) is 4.98 Å². The number of nitrogens with one attached hydrogen (secondary N) is 1. The maximum absolute atomic E-state index is 12.6. The Labute approximate surface area is 157 Å². The van der Waals surface area contributed by atoms with Gasteiger partial charge in [-0.1, -0.05) is 23.7 Å². The second-order valence-corrected chi connectivity index (χ2v) is 7.25. The molecule has 1 unspecified atom stereocenters. The van der Waals surface area contributed by atoms with E-state index in [-0.39, 0.29) is 23.6 Å². The topological polar surface area (TPSA) is 62.3 Å². The lowest BCUT2D eigenvalue weighted by Crippen LogP contribution is -2.31. The summed E-state index contributed by atoms with van der Waals surface area (Å²) in [6.07, 6.45) is 3.78. The zero-order valence-corrected chi connectivity index (χ0v) is 15.1. The number of amides is 2. The van der Waals surface area contributed by atoms with Crippen LogP contribution in [0.1, 0.15) is 57.4 Å². The third-order valence-corrected chi connectivity index (χ3v) is 5.32. The number of rotatable bonds is 3. The summed E-state index contributed by atoms with van der Waals surface area (Å²) < 4.78 is 0. The van der Waals surface area contributed by atoms with Crippen molar-refractivity contribution in [1.29, 1.82) is 0 Å². The summed E-state index contributed by atoms with van der Waals surface area (Å²) >= 11 is 6.04. The van der Waals surface area contributed by atoms with Crippen molar-refractivity contribution in [2.45, 2.75) is 31.7 Å². The normalized spacial score (nSPS) is 18.7. The highest BCUT2D eigenvalue weighted by molar-refractivity contribution is 6.30. The number of likely N-dealkylation sites (tertiary alicyclic amines) is 1. The number of halogens is 1. The summed E-state index contributed by atoms with van der Waals surface area (Å²) in [6, 6.07) is 10.8. The number of fused-ring (bicyclic) bond motifs is 1. The number of carbonyl (C=O) groups excluding carboxylic acids is 2. The predicted molar refractivity (Wildman–Crippen MR) is 99.4 cm³/mol. The molecule has 1 N–H and O–H groups in total. The lowest BCUT2D eigenvalue weighted by Gasteiger charge is -2.16. The lowest BCUT2D eigenvalue weighted by atomic mass is 10.1. The van der Waals surface area contributed by atoms with E-state index in [0.717, 1.165) is 44.3 Å². The average Bonchev–Trinajstić information content (AvgIpc) is 3.31. The highest BCUT2D eigenvalue weighted by Gasteiger charge is 2.26. The molecule has 134 valence electrons. The quantitative estimate of drug-likeness (QED) is 0.902. The first-order valence-corrected chi connectivity index (χ1v) is 9.35. The van der Waals surface area contributed by atoms with Gasteiger partial charge in [0.05, 0.1) is 6.04 Å².